The lowest BCUT2D eigenvalue weighted by Gasteiger charge is -2.08. The van der Waals surface area contributed by atoms with E-state index in [-0.39, 0.29) is 5.69 Å². The first-order valence-corrected chi connectivity index (χ1v) is 7.81. The van der Waals surface area contributed by atoms with Gasteiger partial charge in [-0.25, -0.2) is 4.98 Å². The number of para-hydroxylation sites is 1. The maximum Gasteiger partial charge on any atom is 0.295 e. The third kappa shape index (κ3) is 2.88. The number of thiophene rings is 1. The second kappa shape index (κ2) is 5.79. The van der Waals surface area contributed by atoms with E-state index in [4.69, 9.17) is 0 Å². The van der Waals surface area contributed by atoms with Gasteiger partial charge in [0.05, 0.1) is 4.92 Å². The maximum atomic E-state index is 11.0. The van der Waals surface area contributed by atoms with Crippen molar-refractivity contribution in [3.8, 4) is 0 Å². The summed E-state index contributed by atoms with van der Waals surface area (Å²) in [5.41, 5.74) is 1.27. The molecular formula is C14H10BrN3O2S. The van der Waals surface area contributed by atoms with Gasteiger partial charge in [-0.15, -0.1) is 11.3 Å². The molecule has 0 aliphatic rings. The Morgan fingerprint density at radius 3 is 2.95 bits per heavy atom. The minimum atomic E-state index is -0.407. The summed E-state index contributed by atoms with van der Waals surface area (Å²) in [6, 6.07) is 8.85. The minimum absolute atomic E-state index is 0.0232. The molecule has 0 aliphatic carbocycles. The number of nitrogens with zero attached hydrogens (tertiary/aromatic N) is 2. The van der Waals surface area contributed by atoms with Gasteiger partial charge in [0, 0.05) is 44.6 Å². The topological polar surface area (TPSA) is 68.1 Å². The Bertz CT molecular complexity index is 819. The smallest absolute Gasteiger partial charge is 0.295 e. The van der Waals surface area contributed by atoms with Gasteiger partial charge in [-0.3, -0.25) is 10.1 Å². The van der Waals surface area contributed by atoms with Crippen LogP contribution in [0.4, 0.5) is 11.4 Å². The highest BCUT2D eigenvalue weighted by atomic mass is 79.9. The van der Waals surface area contributed by atoms with Gasteiger partial charge < -0.3 is 5.32 Å². The van der Waals surface area contributed by atoms with E-state index in [0.717, 1.165) is 15.5 Å². The Morgan fingerprint density at radius 1 is 1.38 bits per heavy atom. The summed E-state index contributed by atoms with van der Waals surface area (Å²) < 4.78 is 1.06. The highest BCUT2D eigenvalue weighted by Gasteiger charge is 2.14. The Balaban J connectivity index is 1.95. The van der Waals surface area contributed by atoms with Crippen molar-refractivity contribution in [3.63, 3.8) is 0 Å². The summed E-state index contributed by atoms with van der Waals surface area (Å²) >= 11 is 5.07. The Kier molecular flexibility index (Phi) is 3.85. The van der Waals surface area contributed by atoms with E-state index in [1.165, 1.54) is 10.9 Å². The molecule has 7 heteroatoms. The van der Waals surface area contributed by atoms with Crippen LogP contribution < -0.4 is 5.32 Å². The van der Waals surface area contributed by atoms with Crippen LogP contribution in [0.3, 0.4) is 0 Å². The fraction of sp³-hybridized carbons (Fsp3) is 0.0714. The molecule has 21 heavy (non-hydrogen) atoms. The molecule has 0 amide bonds. The summed E-state index contributed by atoms with van der Waals surface area (Å²) in [4.78, 5) is 16.0. The van der Waals surface area contributed by atoms with Crippen LogP contribution in [0.15, 0.2) is 46.4 Å². The SMILES string of the molecule is O=[N+]([O-])c1cccc2c(NCc3cc(Br)cs3)ccnc12. The zero-order valence-electron chi connectivity index (χ0n) is 10.7. The predicted octanol–water partition coefficient (Wildman–Crippen LogP) is 4.58. The minimum Gasteiger partial charge on any atom is -0.380 e. The van der Waals surface area contributed by atoms with Gasteiger partial charge >= 0.3 is 0 Å². The van der Waals surface area contributed by atoms with E-state index in [1.807, 2.05) is 23.6 Å². The first-order chi connectivity index (χ1) is 10.1. The summed E-state index contributed by atoms with van der Waals surface area (Å²) in [6.45, 7) is 0.665. The second-order valence-electron chi connectivity index (χ2n) is 4.37. The van der Waals surface area contributed by atoms with Crippen molar-refractivity contribution in [3.05, 3.63) is 61.4 Å². The van der Waals surface area contributed by atoms with Crippen molar-refractivity contribution in [2.75, 3.05) is 5.32 Å². The number of aromatic nitrogens is 1. The van der Waals surface area contributed by atoms with Crippen molar-refractivity contribution < 1.29 is 4.92 Å². The molecule has 1 N–H and O–H groups in total. The highest BCUT2D eigenvalue weighted by molar-refractivity contribution is 9.10. The van der Waals surface area contributed by atoms with Crippen molar-refractivity contribution >= 4 is 49.5 Å². The lowest BCUT2D eigenvalue weighted by molar-refractivity contribution is -0.383. The third-order valence-corrected chi connectivity index (χ3v) is 4.72. The predicted molar refractivity (Wildman–Crippen MR) is 87.7 cm³/mol. The molecule has 2 heterocycles. The quantitative estimate of drug-likeness (QED) is 0.544. The van der Waals surface area contributed by atoms with Gasteiger partial charge in [-0.1, -0.05) is 12.1 Å². The van der Waals surface area contributed by atoms with Crippen LogP contribution >= 0.6 is 27.3 Å². The molecule has 0 radical (unpaired) electrons. The molecule has 0 saturated heterocycles. The van der Waals surface area contributed by atoms with Crippen LogP contribution in [0, 0.1) is 10.1 Å². The van der Waals surface area contributed by atoms with Crippen molar-refractivity contribution in [2.45, 2.75) is 6.54 Å². The Hall–Kier alpha value is -1.99. The number of benzene rings is 1. The zero-order valence-corrected chi connectivity index (χ0v) is 13.1. The van der Waals surface area contributed by atoms with E-state index in [1.54, 1.807) is 23.6 Å². The van der Waals surface area contributed by atoms with Crippen LogP contribution in [-0.4, -0.2) is 9.91 Å². The molecule has 3 rings (SSSR count). The summed E-state index contributed by atoms with van der Waals surface area (Å²) in [7, 11) is 0. The van der Waals surface area contributed by atoms with Gasteiger partial charge in [0.15, 0.2) is 0 Å². The molecule has 3 aromatic rings. The first-order valence-electron chi connectivity index (χ1n) is 6.14. The van der Waals surface area contributed by atoms with Gasteiger partial charge in [-0.05, 0) is 28.1 Å². The molecule has 0 unspecified atom stereocenters. The van der Waals surface area contributed by atoms with Crippen LogP contribution in [0.25, 0.3) is 10.9 Å². The number of hydrogen-bond acceptors (Lipinski definition) is 5. The number of fused-ring (bicyclic) bond motifs is 1. The van der Waals surface area contributed by atoms with Crippen LogP contribution in [0.1, 0.15) is 4.88 Å². The average molecular weight is 364 g/mol. The molecule has 1 aromatic carbocycles. The van der Waals surface area contributed by atoms with Gasteiger partial charge in [0.25, 0.3) is 5.69 Å². The summed E-state index contributed by atoms with van der Waals surface area (Å²) in [5, 5.41) is 17.1. The molecule has 5 nitrogen and oxygen atoms in total. The number of rotatable bonds is 4. The van der Waals surface area contributed by atoms with E-state index < -0.39 is 4.92 Å². The average Bonchev–Trinajstić information content (AvgIpc) is 2.90. The zero-order chi connectivity index (χ0) is 14.8. The molecule has 0 aliphatic heterocycles. The summed E-state index contributed by atoms with van der Waals surface area (Å²) in [5.74, 6) is 0. The highest BCUT2D eigenvalue weighted by Crippen LogP contribution is 2.29. The van der Waals surface area contributed by atoms with Crippen molar-refractivity contribution in [2.24, 2.45) is 0 Å². The normalized spacial score (nSPS) is 10.7. The monoisotopic (exact) mass is 363 g/mol. The fourth-order valence-corrected chi connectivity index (χ4v) is 3.48. The third-order valence-electron chi connectivity index (χ3n) is 3.02. The number of nitrogens with one attached hydrogen (secondary N) is 1. The molecule has 0 atom stereocenters. The summed E-state index contributed by atoms with van der Waals surface area (Å²) in [6.07, 6.45) is 1.59. The molecule has 2 aromatic heterocycles. The van der Waals surface area contributed by atoms with Gasteiger partial charge in [0.1, 0.15) is 5.52 Å². The van der Waals surface area contributed by atoms with Crippen LogP contribution in [0.5, 0.6) is 0 Å². The van der Waals surface area contributed by atoms with E-state index in [0.29, 0.717) is 12.1 Å². The molecule has 0 fully saturated rings. The van der Waals surface area contributed by atoms with E-state index >= 15 is 0 Å². The second-order valence-corrected chi connectivity index (χ2v) is 6.29. The molecule has 0 bridgehead atoms. The maximum absolute atomic E-state index is 11.0. The Morgan fingerprint density at radius 2 is 2.24 bits per heavy atom. The number of hydrogen-bond donors (Lipinski definition) is 1. The number of non-ortho nitro benzene ring substituents is 1. The van der Waals surface area contributed by atoms with E-state index in [2.05, 4.69) is 26.2 Å². The number of halogens is 1. The van der Waals surface area contributed by atoms with Gasteiger partial charge in [0.2, 0.25) is 0 Å². The van der Waals surface area contributed by atoms with Crippen molar-refractivity contribution in [1.82, 2.24) is 4.98 Å². The van der Waals surface area contributed by atoms with E-state index in [9.17, 15) is 10.1 Å². The van der Waals surface area contributed by atoms with Gasteiger partial charge in [-0.2, -0.15) is 0 Å². The Labute approximate surface area is 132 Å². The van der Waals surface area contributed by atoms with Crippen LogP contribution in [0.2, 0.25) is 0 Å². The number of anilines is 1. The number of nitro groups is 1. The van der Waals surface area contributed by atoms with Crippen molar-refractivity contribution in [1.29, 1.82) is 0 Å². The van der Waals surface area contributed by atoms with Crippen LogP contribution in [-0.2, 0) is 6.54 Å². The number of nitro benzene ring substituents is 1. The first kappa shape index (κ1) is 14.0. The fourth-order valence-electron chi connectivity index (χ4n) is 2.09. The molecule has 106 valence electrons. The standard InChI is InChI=1S/C14H10BrN3O2S/c15-9-6-10(21-8-9)7-17-12-4-5-16-14-11(12)2-1-3-13(14)18(19)20/h1-6,8H,7H2,(H,16,17). The molecular weight excluding hydrogens is 354 g/mol. The lowest BCUT2D eigenvalue weighted by Crippen LogP contribution is -1.99. The largest absolute Gasteiger partial charge is 0.380 e. The molecule has 0 spiro atoms. The lowest BCUT2D eigenvalue weighted by atomic mass is 10.1. The number of pyridine rings is 1. The molecule has 0 saturated carbocycles.